The third-order valence-electron chi connectivity index (χ3n) is 1.27. The summed E-state index contributed by atoms with van der Waals surface area (Å²) < 4.78 is 5.16. The standard InChI is InChI=1S/C8H14N2O/c1-4-11-7(2)8(5-9)6-10-3/h10H,4,6H2,1-3H3. The molecule has 0 saturated heterocycles. The summed E-state index contributed by atoms with van der Waals surface area (Å²) >= 11 is 0. The van der Waals surface area contributed by atoms with Crippen molar-refractivity contribution in [3.05, 3.63) is 11.3 Å². The summed E-state index contributed by atoms with van der Waals surface area (Å²) in [5, 5.41) is 11.5. The van der Waals surface area contributed by atoms with E-state index in [4.69, 9.17) is 10.00 Å². The summed E-state index contributed by atoms with van der Waals surface area (Å²) in [4.78, 5) is 0. The topological polar surface area (TPSA) is 45.0 Å². The number of rotatable bonds is 4. The highest BCUT2D eigenvalue weighted by atomic mass is 16.5. The predicted molar refractivity (Wildman–Crippen MR) is 43.9 cm³/mol. The van der Waals surface area contributed by atoms with Crippen molar-refractivity contribution in [3.63, 3.8) is 0 Å². The Labute approximate surface area is 67.7 Å². The van der Waals surface area contributed by atoms with Gasteiger partial charge in [-0.2, -0.15) is 5.26 Å². The Hall–Kier alpha value is -1.01. The van der Waals surface area contributed by atoms with E-state index in [9.17, 15) is 0 Å². The summed E-state index contributed by atoms with van der Waals surface area (Å²) in [6, 6.07) is 2.08. The molecule has 0 rings (SSSR count). The average Bonchev–Trinajstić information content (AvgIpc) is 2.00. The molecule has 0 aromatic carbocycles. The van der Waals surface area contributed by atoms with Crippen molar-refractivity contribution >= 4 is 0 Å². The van der Waals surface area contributed by atoms with Crippen LogP contribution in [0.1, 0.15) is 13.8 Å². The Balaban J connectivity index is 4.18. The summed E-state index contributed by atoms with van der Waals surface area (Å²) in [5.74, 6) is 0.712. The molecule has 0 bridgehead atoms. The van der Waals surface area contributed by atoms with Crippen molar-refractivity contribution in [2.45, 2.75) is 13.8 Å². The first kappa shape index (κ1) is 9.99. The molecule has 0 aromatic rings. The van der Waals surface area contributed by atoms with Gasteiger partial charge in [-0.05, 0) is 20.9 Å². The molecule has 0 unspecified atom stereocenters. The van der Waals surface area contributed by atoms with Crippen LogP contribution in [0.5, 0.6) is 0 Å². The van der Waals surface area contributed by atoms with E-state index in [0.717, 1.165) is 0 Å². The van der Waals surface area contributed by atoms with E-state index in [2.05, 4.69) is 11.4 Å². The van der Waals surface area contributed by atoms with Gasteiger partial charge in [0.15, 0.2) is 0 Å². The van der Waals surface area contributed by atoms with Crippen molar-refractivity contribution < 1.29 is 4.74 Å². The fraction of sp³-hybridized carbons (Fsp3) is 0.625. The lowest BCUT2D eigenvalue weighted by Gasteiger charge is -2.05. The zero-order chi connectivity index (χ0) is 8.69. The summed E-state index contributed by atoms with van der Waals surface area (Å²) in [6.07, 6.45) is 0. The van der Waals surface area contributed by atoms with Gasteiger partial charge in [0, 0.05) is 6.54 Å². The number of allylic oxidation sites excluding steroid dienone is 1. The molecular weight excluding hydrogens is 140 g/mol. The molecule has 3 heteroatoms. The van der Waals surface area contributed by atoms with Crippen molar-refractivity contribution in [1.29, 1.82) is 5.26 Å². The Morgan fingerprint density at radius 1 is 1.64 bits per heavy atom. The maximum Gasteiger partial charge on any atom is 0.108 e. The molecule has 0 aromatic heterocycles. The van der Waals surface area contributed by atoms with Gasteiger partial charge in [0.1, 0.15) is 5.76 Å². The van der Waals surface area contributed by atoms with Gasteiger partial charge >= 0.3 is 0 Å². The third kappa shape index (κ3) is 3.64. The molecule has 62 valence electrons. The van der Waals surface area contributed by atoms with Gasteiger partial charge in [-0.3, -0.25) is 0 Å². The first-order chi connectivity index (χ1) is 5.26. The highest BCUT2D eigenvalue weighted by Crippen LogP contribution is 2.02. The molecule has 0 saturated carbocycles. The number of nitrogens with one attached hydrogen (secondary N) is 1. The minimum atomic E-state index is 0.572. The second-order valence-corrected chi connectivity index (χ2v) is 2.11. The van der Waals surface area contributed by atoms with Crippen LogP contribution in [0.4, 0.5) is 0 Å². The Bertz CT molecular complexity index is 179. The van der Waals surface area contributed by atoms with Crippen LogP contribution in [-0.2, 0) is 4.74 Å². The number of nitriles is 1. The van der Waals surface area contributed by atoms with E-state index in [1.807, 2.05) is 6.92 Å². The minimum Gasteiger partial charge on any atom is -0.497 e. The molecule has 0 amide bonds. The Morgan fingerprint density at radius 2 is 2.27 bits per heavy atom. The first-order valence-corrected chi connectivity index (χ1v) is 3.63. The van der Waals surface area contributed by atoms with Crippen LogP contribution in [0.15, 0.2) is 11.3 Å². The summed E-state index contributed by atoms with van der Waals surface area (Å²) in [6.45, 7) is 4.89. The normalized spacial score (nSPS) is 11.8. The molecule has 0 aliphatic heterocycles. The first-order valence-electron chi connectivity index (χ1n) is 3.63. The number of likely N-dealkylation sites (N-methyl/N-ethyl adjacent to an activating group) is 1. The molecule has 11 heavy (non-hydrogen) atoms. The molecule has 0 radical (unpaired) electrons. The van der Waals surface area contributed by atoms with Crippen LogP contribution in [0.2, 0.25) is 0 Å². The predicted octanol–water partition coefficient (Wildman–Crippen LogP) is 1.04. The van der Waals surface area contributed by atoms with Crippen molar-refractivity contribution in [3.8, 4) is 6.07 Å². The molecule has 0 aliphatic rings. The zero-order valence-electron chi connectivity index (χ0n) is 7.27. The van der Waals surface area contributed by atoms with Gasteiger partial charge in [-0.25, -0.2) is 0 Å². The number of hydrogen-bond donors (Lipinski definition) is 1. The molecule has 0 fully saturated rings. The van der Waals surface area contributed by atoms with E-state index in [0.29, 0.717) is 24.5 Å². The lowest BCUT2D eigenvalue weighted by atomic mass is 10.2. The average molecular weight is 154 g/mol. The van der Waals surface area contributed by atoms with E-state index in [-0.39, 0.29) is 0 Å². The number of ether oxygens (including phenoxy) is 1. The van der Waals surface area contributed by atoms with Gasteiger partial charge in [0.2, 0.25) is 0 Å². The van der Waals surface area contributed by atoms with Crippen molar-refractivity contribution in [1.82, 2.24) is 5.32 Å². The highest BCUT2D eigenvalue weighted by molar-refractivity contribution is 5.24. The molecule has 0 aliphatic carbocycles. The van der Waals surface area contributed by atoms with Crippen molar-refractivity contribution in [2.75, 3.05) is 20.2 Å². The molecule has 0 heterocycles. The monoisotopic (exact) mass is 154 g/mol. The summed E-state index contributed by atoms with van der Waals surface area (Å²) in [7, 11) is 1.80. The van der Waals surface area contributed by atoms with Crippen LogP contribution >= 0.6 is 0 Å². The van der Waals surface area contributed by atoms with Gasteiger partial charge in [-0.15, -0.1) is 0 Å². The number of nitrogens with zero attached hydrogens (tertiary/aromatic N) is 1. The maximum atomic E-state index is 8.63. The van der Waals surface area contributed by atoms with Crippen LogP contribution in [0, 0.1) is 11.3 Å². The lowest BCUT2D eigenvalue weighted by Crippen LogP contribution is -2.11. The second kappa shape index (κ2) is 5.75. The summed E-state index contributed by atoms with van der Waals surface area (Å²) in [5.41, 5.74) is 0.661. The molecular formula is C8H14N2O. The van der Waals surface area contributed by atoms with Crippen LogP contribution in [-0.4, -0.2) is 20.2 Å². The van der Waals surface area contributed by atoms with Crippen LogP contribution < -0.4 is 5.32 Å². The molecule has 0 spiro atoms. The largest absolute Gasteiger partial charge is 0.497 e. The Morgan fingerprint density at radius 3 is 2.64 bits per heavy atom. The fourth-order valence-electron chi connectivity index (χ4n) is 0.723. The van der Waals surface area contributed by atoms with E-state index >= 15 is 0 Å². The Kier molecular flexibility index (Phi) is 5.22. The second-order valence-electron chi connectivity index (χ2n) is 2.11. The van der Waals surface area contributed by atoms with Crippen LogP contribution in [0.3, 0.4) is 0 Å². The third-order valence-corrected chi connectivity index (χ3v) is 1.27. The number of hydrogen-bond acceptors (Lipinski definition) is 3. The zero-order valence-corrected chi connectivity index (χ0v) is 7.27. The van der Waals surface area contributed by atoms with Gasteiger partial charge in [0.05, 0.1) is 18.2 Å². The molecule has 3 nitrogen and oxygen atoms in total. The molecule has 0 atom stereocenters. The van der Waals surface area contributed by atoms with Gasteiger partial charge in [-0.1, -0.05) is 0 Å². The quantitative estimate of drug-likeness (QED) is 0.486. The maximum absolute atomic E-state index is 8.63. The minimum absolute atomic E-state index is 0.572. The van der Waals surface area contributed by atoms with Crippen molar-refractivity contribution in [2.24, 2.45) is 0 Å². The van der Waals surface area contributed by atoms with Gasteiger partial charge < -0.3 is 10.1 Å². The van der Waals surface area contributed by atoms with Gasteiger partial charge in [0.25, 0.3) is 0 Å². The molecule has 1 N–H and O–H groups in total. The fourth-order valence-corrected chi connectivity index (χ4v) is 0.723. The SMILES string of the molecule is CCOC(C)=C(C#N)CNC. The van der Waals surface area contributed by atoms with E-state index in [1.54, 1.807) is 14.0 Å². The smallest absolute Gasteiger partial charge is 0.108 e. The van der Waals surface area contributed by atoms with E-state index in [1.165, 1.54) is 0 Å². The van der Waals surface area contributed by atoms with Crippen LogP contribution in [0.25, 0.3) is 0 Å². The lowest BCUT2D eigenvalue weighted by molar-refractivity contribution is 0.228. The van der Waals surface area contributed by atoms with E-state index < -0.39 is 0 Å². The highest BCUT2D eigenvalue weighted by Gasteiger charge is 1.99.